The summed E-state index contributed by atoms with van der Waals surface area (Å²) >= 11 is 0. The molecule has 0 aromatic heterocycles. The fourth-order valence-corrected chi connectivity index (χ4v) is 2.26. The molecular formula is C17H25NO3. The number of morpholine rings is 1. The number of benzene rings is 1. The molecule has 1 unspecified atom stereocenters. The van der Waals surface area contributed by atoms with Crippen LogP contribution in [0, 0.1) is 0 Å². The van der Waals surface area contributed by atoms with Gasteiger partial charge in [0.15, 0.2) is 0 Å². The van der Waals surface area contributed by atoms with Crippen LogP contribution in [0.2, 0.25) is 0 Å². The first-order valence-corrected chi connectivity index (χ1v) is 7.56. The van der Waals surface area contributed by atoms with Crippen LogP contribution in [0.5, 0.6) is 5.75 Å². The molecule has 1 aliphatic heterocycles. The first-order chi connectivity index (χ1) is 10.1. The average Bonchev–Trinajstić information content (AvgIpc) is 2.47. The van der Waals surface area contributed by atoms with E-state index in [2.05, 4.69) is 4.90 Å². The van der Waals surface area contributed by atoms with Gasteiger partial charge in [0.2, 0.25) is 0 Å². The Morgan fingerprint density at radius 1 is 1.24 bits per heavy atom. The Balaban J connectivity index is 1.82. The highest BCUT2D eigenvalue weighted by Gasteiger charge is 2.12. The van der Waals surface area contributed by atoms with E-state index in [1.165, 1.54) is 0 Å². The number of rotatable bonds is 6. The van der Waals surface area contributed by atoms with Crippen LogP contribution in [0.1, 0.15) is 19.4 Å². The second-order valence-corrected chi connectivity index (χ2v) is 5.58. The maximum Gasteiger partial charge on any atom is 0.119 e. The van der Waals surface area contributed by atoms with Crippen LogP contribution >= 0.6 is 0 Å². The van der Waals surface area contributed by atoms with E-state index in [4.69, 9.17) is 9.47 Å². The summed E-state index contributed by atoms with van der Waals surface area (Å²) in [6.07, 6.45) is 3.52. The molecule has 4 nitrogen and oxygen atoms in total. The van der Waals surface area contributed by atoms with Gasteiger partial charge in [0, 0.05) is 19.6 Å². The summed E-state index contributed by atoms with van der Waals surface area (Å²) in [4.78, 5) is 2.22. The van der Waals surface area contributed by atoms with Gasteiger partial charge in [-0.2, -0.15) is 0 Å². The molecule has 0 amide bonds. The Hall–Kier alpha value is -1.36. The van der Waals surface area contributed by atoms with Crippen molar-refractivity contribution in [3.05, 3.63) is 35.9 Å². The molecule has 1 aromatic carbocycles. The molecule has 1 saturated heterocycles. The number of aliphatic hydroxyl groups excluding tert-OH is 1. The lowest BCUT2D eigenvalue weighted by Crippen LogP contribution is -2.40. The fraction of sp³-hybridized carbons (Fsp3) is 0.529. The predicted molar refractivity (Wildman–Crippen MR) is 84.5 cm³/mol. The summed E-state index contributed by atoms with van der Waals surface area (Å²) in [7, 11) is 0. The number of ether oxygens (including phenoxy) is 2. The lowest BCUT2D eigenvalue weighted by Gasteiger charge is -2.27. The third-order valence-corrected chi connectivity index (χ3v) is 3.31. The molecule has 4 heteroatoms. The van der Waals surface area contributed by atoms with Crippen molar-refractivity contribution in [1.82, 2.24) is 4.90 Å². The maximum atomic E-state index is 10.0. The van der Waals surface area contributed by atoms with E-state index >= 15 is 0 Å². The van der Waals surface area contributed by atoms with Crippen LogP contribution < -0.4 is 4.74 Å². The number of hydrogen-bond acceptors (Lipinski definition) is 4. The summed E-state index contributed by atoms with van der Waals surface area (Å²) in [6, 6.07) is 7.90. The molecule has 0 bridgehead atoms. The second kappa shape index (κ2) is 8.17. The van der Waals surface area contributed by atoms with Crippen molar-refractivity contribution in [3.8, 4) is 5.75 Å². The maximum absolute atomic E-state index is 10.0. The Kier molecular flexibility index (Phi) is 6.23. The highest BCUT2D eigenvalue weighted by molar-refractivity contribution is 5.51. The number of nitrogens with zero attached hydrogens (tertiary/aromatic N) is 1. The topological polar surface area (TPSA) is 41.9 Å². The minimum Gasteiger partial charge on any atom is -0.491 e. The summed E-state index contributed by atoms with van der Waals surface area (Å²) < 4.78 is 10.9. The second-order valence-electron chi connectivity index (χ2n) is 5.58. The lowest BCUT2D eigenvalue weighted by atomic mass is 10.1. The van der Waals surface area contributed by atoms with E-state index in [1.54, 1.807) is 0 Å². The van der Waals surface area contributed by atoms with Crippen molar-refractivity contribution in [1.29, 1.82) is 0 Å². The summed E-state index contributed by atoms with van der Waals surface area (Å²) in [5, 5.41) is 10.0. The molecule has 0 spiro atoms. The Bertz CT molecular complexity index is 436. The van der Waals surface area contributed by atoms with Gasteiger partial charge in [-0.3, -0.25) is 4.90 Å². The summed E-state index contributed by atoms with van der Waals surface area (Å²) in [5.74, 6) is 0.871. The zero-order chi connectivity index (χ0) is 15.1. The first-order valence-electron chi connectivity index (χ1n) is 7.56. The highest BCUT2D eigenvalue weighted by atomic mass is 16.5. The molecule has 1 heterocycles. The van der Waals surface area contributed by atoms with Crippen LogP contribution in [0.15, 0.2) is 30.3 Å². The largest absolute Gasteiger partial charge is 0.491 e. The van der Waals surface area contributed by atoms with Crippen molar-refractivity contribution in [2.45, 2.75) is 26.1 Å². The number of β-amino-alcohol motifs (C(OH)–C–C–N with tert-alkyl or cyclic N) is 1. The van der Waals surface area contributed by atoms with Crippen molar-refractivity contribution in [3.63, 3.8) is 0 Å². The zero-order valence-corrected chi connectivity index (χ0v) is 12.9. The zero-order valence-electron chi connectivity index (χ0n) is 12.9. The molecule has 1 fully saturated rings. The molecule has 0 aliphatic carbocycles. The van der Waals surface area contributed by atoms with E-state index in [1.807, 2.05) is 50.3 Å². The SMILES string of the molecule is CC(C)Oc1ccc(/C=C\C(O)CN2CCOCC2)cc1. The van der Waals surface area contributed by atoms with Gasteiger partial charge in [0.1, 0.15) is 5.75 Å². The van der Waals surface area contributed by atoms with Crippen LogP contribution in [0.4, 0.5) is 0 Å². The third-order valence-electron chi connectivity index (χ3n) is 3.31. The molecule has 2 rings (SSSR count). The van der Waals surface area contributed by atoms with E-state index in [9.17, 15) is 5.11 Å². The van der Waals surface area contributed by atoms with E-state index < -0.39 is 6.10 Å². The lowest BCUT2D eigenvalue weighted by molar-refractivity contribution is 0.0223. The molecule has 21 heavy (non-hydrogen) atoms. The Morgan fingerprint density at radius 3 is 2.52 bits per heavy atom. The van der Waals surface area contributed by atoms with Gasteiger partial charge in [-0.25, -0.2) is 0 Å². The van der Waals surface area contributed by atoms with Gasteiger partial charge in [-0.05, 0) is 31.5 Å². The van der Waals surface area contributed by atoms with Crippen molar-refractivity contribution < 1.29 is 14.6 Å². The normalized spacial score (nSPS) is 18.3. The third kappa shape index (κ3) is 5.87. The van der Waals surface area contributed by atoms with Gasteiger partial charge in [-0.1, -0.05) is 24.3 Å². The highest BCUT2D eigenvalue weighted by Crippen LogP contribution is 2.15. The monoisotopic (exact) mass is 291 g/mol. The summed E-state index contributed by atoms with van der Waals surface area (Å²) in [5.41, 5.74) is 1.06. The molecule has 1 aliphatic rings. The smallest absolute Gasteiger partial charge is 0.119 e. The van der Waals surface area contributed by atoms with Gasteiger partial charge in [0.25, 0.3) is 0 Å². The fourth-order valence-electron chi connectivity index (χ4n) is 2.26. The Labute approximate surface area is 127 Å². The predicted octanol–water partition coefficient (Wildman–Crippen LogP) is 2.18. The van der Waals surface area contributed by atoms with Crippen LogP contribution in [-0.2, 0) is 4.74 Å². The van der Waals surface area contributed by atoms with Gasteiger partial charge < -0.3 is 14.6 Å². The van der Waals surface area contributed by atoms with Crippen LogP contribution in [-0.4, -0.2) is 55.1 Å². The molecule has 0 saturated carbocycles. The van der Waals surface area contributed by atoms with Crippen LogP contribution in [0.3, 0.4) is 0 Å². The van der Waals surface area contributed by atoms with E-state index in [-0.39, 0.29) is 6.10 Å². The van der Waals surface area contributed by atoms with E-state index in [0.717, 1.165) is 37.6 Å². The quantitative estimate of drug-likeness (QED) is 0.872. The Morgan fingerprint density at radius 2 is 1.90 bits per heavy atom. The molecule has 0 radical (unpaired) electrons. The van der Waals surface area contributed by atoms with Crippen molar-refractivity contribution in [2.24, 2.45) is 0 Å². The number of aliphatic hydroxyl groups is 1. The molecular weight excluding hydrogens is 266 g/mol. The minimum atomic E-state index is -0.449. The van der Waals surface area contributed by atoms with E-state index in [0.29, 0.717) is 6.54 Å². The number of hydrogen-bond donors (Lipinski definition) is 1. The van der Waals surface area contributed by atoms with Crippen LogP contribution in [0.25, 0.3) is 6.08 Å². The average molecular weight is 291 g/mol. The van der Waals surface area contributed by atoms with Crippen molar-refractivity contribution >= 4 is 6.08 Å². The van der Waals surface area contributed by atoms with Gasteiger partial charge in [-0.15, -0.1) is 0 Å². The summed E-state index contributed by atoms with van der Waals surface area (Å²) in [6.45, 7) is 7.99. The molecule has 1 aromatic rings. The molecule has 1 atom stereocenters. The van der Waals surface area contributed by atoms with Crippen molar-refractivity contribution in [2.75, 3.05) is 32.8 Å². The minimum absolute atomic E-state index is 0.182. The molecule has 1 N–H and O–H groups in total. The van der Waals surface area contributed by atoms with Gasteiger partial charge >= 0.3 is 0 Å². The molecule has 116 valence electrons. The van der Waals surface area contributed by atoms with Gasteiger partial charge in [0.05, 0.1) is 25.4 Å². The standard InChI is InChI=1S/C17H25NO3/c1-14(2)21-17-7-4-15(5-8-17)3-6-16(19)13-18-9-11-20-12-10-18/h3-8,14,16,19H,9-13H2,1-2H3/b6-3-. The first kappa shape index (κ1) is 16.0.